The Bertz CT molecular complexity index is 1070. The summed E-state index contributed by atoms with van der Waals surface area (Å²) in [6, 6.07) is 12.6. The minimum atomic E-state index is -1.17. The van der Waals surface area contributed by atoms with Crippen molar-refractivity contribution in [3.8, 4) is 21.9 Å². The predicted molar refractivity (Wildman–Crippen MR) is 122 cm³/mol. The molecule has 0 radical (unpaired) electrons. The fourth-order valence-electron chi connectivity index (χ4n) is 3.06. The van der Waals surface area contributed by atoms with E-state index in [2.05, 4.69) is 5.32 Å². The highest BCUT2D eigenvalue weighted by atomic mass is 35.5. The number of methoxy groups -OCH3 is 2. The molecule has 2 aromatic carbocycles. The van der Waals surface area contributed by atoms with Gasteiger partial charge in [-0.1, -0.05) is 35.3 Å². The lowest BCUT2D eigenvalue weighted by Crippen LogP contribution is -2.42. The Morgan fingerprint density at radius 1 is 1.00 bits per heavy atom. The number of benzene rings is 2. The van der Waals surface area contributed by atoms with Gasteiger partial charge in [-0.25, -0.2) is 4.79 Å². The first-order valence-electron chi connectivity index (χ1n) is 9.13. The van der Waals surface area contributed by atoms with Gasteiger partial charge in [0.25, 0.3) is 5.91 Å². The molecule has 1 heterocycles. The van der Waals surface area contributed by atoms with E-state index in [9.17, 15) is 14.7 Å². The first-order valence-corrected chi connectivity index (χ1v) is 10.7. The first kappa shape index (κ1) is 22.9. The average Bonchev–Trinajstić information content (AvgIpc) is 3.20. The molecule has 0 bridgehead atoms. The minimum absolute atomic E-state index is 0.0442. The summed E-state index contributed by atoms with van der Waals surface area (Å²) < 4.78 is 10.9. The third-order valence-electron chi connectivity index (χ3n) is 4.53. The third kappa shape index (κ3) is 5.12. The number of hydrogen-bond donors (Lipinski definition) is 2. The third-order valence-corrected chi connectivity index (χ3v) is 6.29. The molecule has 31 heavy (non-hydrogen) atoms. The summed E-state index contributed by atoms with van der Waals surface area (Å²) >= 11 is 13.5. The number of hydrogen-bond acceptors (Lipinski definition) is 5. The smallest absolute Gasteiger partial charge is 0.326 e. The van der Waals surface area contributed by atoms with E-state index in [4.69, 9.17) is 32.7 Å². The summed E-state index contributed by atoms with van der Waals surface area (Å²) in [7, 11) is 3.14. The zero-order chi connectivity index (χ0) is 22.5. The van der Waals surface area contributed by atoms with Gasteiger partial charge in [0.2, 0.25) is 0 Å². The molecular weight excluding hydrogens is 461 g/mol. The van der Waals surface area contributed by atoms with Crippen LogP contribution in [0.4, 0.5) is 0 Å². The molecule has 9 heteroatoms. The summed E-state index contributed by atoms with van der Waals surface area (Å²) in [6.45, 7) is 0. The maximum absolute atomic E-state index is 12.6. The molecule has 1 aromatic heterocycles. The van der Waals surface area contributed by atoms with Crippen molar-refractivity contribution in [2.45, 2.75) is 12.5 Å². The molecule has 2 N–H and O–H groups in total. The van der Waals surface area contributed by atoms with Gasteiger partial charge in [-0.2, -0.15) is 0 Å². The van der Waals surface area contributed by atoms with E-state index in [1.54, 1.807) is 20.3 Å². The number of nitrogens with one attached hydrogen (secondary N) is 1. The van der Waals surface area contributed by atoms with Crippen LogP contribution in [0.25, 0.3) is 10.4 Å². The number of carboxylic acid groups (broad SMARTS) is 1. The van der Waals surface area contributed by atoms with Gasteiger partial charge in [-0.15, -0.1) is 11.3 Å². The van der Waals surface area contributed by atoms with E-state index in [0.717, 1.165) is 15.3 Å². The second kappa shape index (κ2) is 10.0. The van der Waals surface area contributed by atoms with Gasteiger partial charge in [0, 0.05) is 16.2 Å². The quantitative estimate of drug-likeness (QED) is 0.465. The van der Waals surface area contributed by atoms with Crippen LogP contribution < -0.4 is 14.8 Å². The Morgan fingerprint density at radius 2 is 1.58 bits per heavy atom. The Balaban J connectivity index is 1.84. The van der Waals surface area contributed by atoms with Crippen molar-refractivity contribution >= 4 is 46.4 Å². The van der Waals surface area contributed by atoms with Crippen LogP contribution in [0.3, 0.4) is 0 Å². The van der Waals surface area contributed by atoms with Crippen molar-refractivity contribution in [3.63, 3.8) is 0 Å². The lowest BCUT2D eigenvalue weighted by atomic mass is 10.1. The Morgan fingerprint density at radius 3 is 2.13 bits per heavy atom. The number of halogens is 2. The second-order valence-corrected chi connectivity index (χ2v) is 8.45. The second-order valence-electron chi connectivity index (χ2n) is 6.47. The van der Waals surface area contributed by atoms with Crippen LogP contribution in [-0.2, 0) is 11.2 Å². The summed E-state index contributed by atoms with van der Waals surface area (Å²) in [6.07, 6.45) is 0.0886. The maximum Gasteiger partial charge on any atom is 0.326 e. The molecule has 0 aliphatic rings. The number of ether oxygens (including phenoxy) is 2. The Labute approximate surface area is 193 Å². The number of carbonyl (C=O) groups excluding carboxylic acids is 1. The summed E-state index contributed by atoms with van der Waals surface area (Å²) in [5.41, 5.74) is 0.824. The Hall–Kier alpha value is -2.74. The van der Waals surface area contributed by atoms with Crippen molar-refractivity contribution in [1.82, 2.24) is 5.32 Å². The van der Waals surface area contributed by atoms with Crippen LogP contribution in [-0.4, -0.2) is 37.2 Å². The van der Waals surface area contributed by atoms with Gasteiger partial charge in [-0.3, -0.25) is 4.79 Å². The van der Waals surface area contributed by atoms with Crippen LogP contribution in [0.15, 0.2) is 48.5 Å². The van der Waals surface area contributed by atoms with E-state index in [0.29, 0.717) is 11.5 Å². The zero-order valence-electron chi connectivity index (χ0n) is 16.6. The maximum atomic E-state index is 12.6. The standard InChI is InChI=1S/C22H19Cl2NO5S/c1-29-16-7-4-8-17(30-2)20(16)18-10-9-12(31-18)11-15(22(27)28)25-21(26)19-13(23)5-3-6-14(19)24/h3-10,15H,11H2,1-2H3,(H,25,26)(H,27,28)/t15-/m0/s1. The van der Waals surface area contributed by atoms with E-state index >= 15 is 0 Å². The monoisotopic (exact) mass is 479 g/mol. The normalized spacial score (nSPS) is 11.6. The van der Waals surface area contributed by atoms with Crippen LogP contribution >= 0.6 is 34.5 Å². The molecule has 162 valence electrons. The number of amides is 1. The highest BCUT2D eigenvalue weighted by Gasteiger charge is 2.25. The zero-order valence-corrected chi connectivity index (χ0v) is 19.0. The molecule has 1 amide bonds. The molecule has 0 spiro atoms. The molecule has 0 aliphatic carbocycles. The van der Waals surface area contributed by atoms with E-state index in [-0.39, 0.29) is 22.0 Å². The van der Waals surface area contributed by atoms with Crippen LogP contribution in [0, 0.1) is 0 Å². The predicted octanol–water partition coefficient (Wildman–Crippen LogP) is 5.16. The first-order chi connectivity index (χ1) is 14.8. The van der Waals surface area contributed by atoms with Crippen molar-refractivity contribution in [2.75, 3.05) is 14.2 Å². The van der Waals surface area contributed by atoms with Crippen LogP contribution in [0.2, 0.25) is 10.0 Å². The fourth-order valence-corrected chi connectivity index (χ4v) is 4.74. The highest BCUT2D eigenvalue weighted by molar-refractivity contribution is 7.15. The van der Waals surface area contributed by atoms with Gasteiger partial charge < -0.3 is 19.9 Å². The Kier molecular flexibility index (Phi) is 7.43. The van der Waals surface area contributed by atoms with Gasteiger partial charge in [0.1, 0.15) is 17.5 Å². The van der Waals surface area contributed by atoms with Crippen LogP contribution in [0.5, 0.6) is 11.5 Å². The summed E-state index contributed by atoms with van der Waals surface area (Å²) in [5.74, 6) is -0.527. The van der Waals surface area contributed by atoms with Crippen molar-refractivity contribution in [1.29, 1.82) is 0 Å². The minimum Gasteiger partial charge on any atom is -0.496 e. The molecule has 0 saturated heterocycles. The van der Waals surface area contributed by atoms with Crippen molar-refractivity contribution < 1.29 is 24.2 Å². The summed E-state index contributed by atoms with van der Waals surface area (Å²) in [4.78, 5) is 26.0. The number of thiophene rings is 1. The van der Waals surface area contributed by atoms with E-state index < -0.39 is 17.9 Å². The molecule has 0 aliphatic heterocycles. The average molecular weight is 480 g/mol. The molecule has 0 fully saturated rings. The largest absolute Gasteiger partial charge is 0.496 e. The summed E-state index contributed by atoms with van der Waals surface area (Å²) in [5, 5.41) is 12.4. The van der Waals surface area contributed by atoms with E-state index in [1.165, 1.54) is 23.5 Å². The molecule has 3 rings (SSSR count). The SMILES string of the molecule is COc1cccc(OC)c1-c1ccc(C[C@H](NC(=O)c2c(Cl)cccc2Cl)C(=O)O)s1. The van der Waals surface area contributed by atoms with E-state index in [1.807, 2.05) is 30.3 Å². The van der Waals surface area contributed by atoms with Gasteiger partial charge in [0.15, 0.2) is 0 Å². The molecule has 6 nitrogen and oxygen atoms in total. The topological polar surface area (TPSA) is 84.9 Å². The van der Waals surface area contributed by atoms with Gasteiger partial charge in [0.05, 0.1) is 35.4 Å². The molecular formula is C22H19Cl2NO5S. The van der Waals surface area contributed by atoms with Crippen LogP contribution in [0.1, 0.15) is 15.2 Å². The molecule has 1 atom stereocenters. The van der Waals surface area contributed by atoms with Crippen molar-refractivity contribution in [3.05, 3.63) is 69.0 Å². The highest BCUT2D eigenvalue weighted by Crippen LogP contribution is 2.41. The number of rotatable bonds is 8. The van der Waals surface area contributed by atoms with Gasteiger partial charge >= 0.3 is 5.97 Å². The molecule has 0 saturated carbocycles. The fraction of sp³-hybridized carbons (Fsp3) is 0.182. The number of aliphatic carboxylic acids is 1. The van der Waals surface area contributed by atoms with Crippen molar-refractivity contribution in [2.24, 2.45) is 0 Å². The lowest BCUT2D eigenvalue weighted by Gasteiger charge is -2.15. The number of carbonyl (C=O) groups is 2. The number of carboxylic acids is 1. The molecule has 0 unspecified atom stereocenters. The van der Waals surface area contributed by atoms with Gasteiger partial charge in [-0.05, 0) is 36.4 Å². The molecule has 3 aromatic rings. The lowest BCUT2D eigenvalue weighted by molar-refractivity contribution is -0.139.